The van der Waals surface area contributed by atoms with Crippen LogP contribution in [0.2, 0.25) is 0 Å². The molecule has 0 bridgehead atoms. The molecule has 0 atom stereocenters. The van der Waals surface area contributed by atoms with Gasteiger partial charge in [0.25, 0.3) is 0 Å². The van der Waals surface area contributed by atoms with Gasteiger partial charge in [0, 0.05) is 21.7 Å². The summed E-state index contributed by atoms with van der Waals surface area (Å²) in [6.45, 7) is 2.03. The minimum atomic E-state index is 0.346. The highest BCUT2D eigenvalue weighted by Crippen LogP contribution is 2.43. The van der Waals surface area contributed by atoms with Crippen molar-refractivity contribution in [2.75, 3.05) is 20.0 Å². The molecule has 1 heterocycles. The average Bonchev–Trinajstić information content (AvgIpc) is 2.83. The first-order valence-electron chi connectivity index (χ1n) is 5.78. The third-order valence-electron chi connectivity index (χ3n) is 2.85. The van der Waals surface area contributed by atoms with Crippen molar-refractivity contribution in [2.24, 2.45) is 0 Å². The normalized spacial score (nSPS) is 10.5. The second-order valence-electron chi connectivity index (χ2n) is 3.92. The van der Waals surface area contributed by atoms with Crippen LogP contribution < -0.4 is 15.2 Å². The zero-order chi connectivity index (χ0) is 14.0. The van der Waals surface area contributed by atoms with E-state index in [1.165, 1.54) is 0 Å². The third kappa shape index (κ3) is 2.40. The van der Waals surface area contributed by atoms with E-state index in [2.05, 4.69) is 21.1 Å². The highest BCUT2D eigenvalue weighted by Gasteiger charge is 2.21. The number of benzene rings is 1. The molecule has 2 aromatic rings. The van der Waals surface area contributed by atoms with Crippen LogP contribution in [0.3, 0.4) is 0 Å². The van der Waals surface area contributed by atoms with Crippen LogP contribution in [0.1, 0.15) is 12.5 Å². The quantitative estimate of drug-likeness (QED) is 0.933. The summed E-state index contributed by atoms with van der Waals surface area (Å²) < 4.78 is 16.9. The van der Waals surface area contributed by atoms with E-state index in [4.69, 9.17) is 19.7 Å². The Bertz CT molecular complexity index is 596. The maximum Gasteiger partial charge on any atom is 0.170 e. The summed E-state index contributed by atoms with van der Waals surface area (Å²) in [5.41, 5.74) is 7.46. The van der Waals surface area contributed by atoms with Crippen LogP contribution in [0.4, 0.5) is 5.82 Å². The monoisotopic (exact) mass is 326 g/mol. The Morgan fingerprint density at radius 2 is 2.05 bits per heavy atom. The Hall–Kier alpha value is -1.69. The van der Waals surface area contributed by atoms with E-state index in [-0.39, 0.29) is 0 Å². The van der Waals surface area contributed by atoms with E-state index in [9.17, 15) is 0 Å². The average molecular weight is 327 g/mol. The van der Waals surface area contributed by atoms with Gasteiger partial charge in [-0.2, -0.15) is 0 Å². The number of nitrogens with zero attached hydrogens (tertiary/aromatic N) is 1. The van der Waals surface area contributed by atoms with Crippen LogP contribution >= 0.6 is 15.9 Å². The largest absolute Gasteiger partial charge is 0.493 e. The number of methoxy groups -OCH3 is 2. The molecule has 1 aromatic carbocycles. The van der Waals surface area contributed by atoms with Crippen LogP contribution in [-0.4, -0.2) is 19.4 Å². The molecule has 0 fully saturated rings. The molecule has 0 aliphatic heterocycles. The van der Waals surface area contributed by atoms with Gasteiger partial charge in [-0.15, -0.1) is 0 Å². The van der Waals surface area contributed by atoms with Crippen LogP contribution in [0.25, 0.3) is 11.3 Å². The molecular weight excluding hydrogens is 312 g/mol. The molecule has 0 spiro atoms. The van der Waals surface area contributed by atoms with Crippen molar-refractivity contribution < 1.29 is 14.0 Å². The van der Waals surface area contributed by atoms with E-state index in [1.54, 1.807) is 20.3 Å². The highest BCUT2D eigenvalue weighted by molar-refractivity contribution is 9.10. The number of anilines is 1. The topological polar surface area (TPSA) is 70.5 Å². The molecule has 0 saturated heterocycles. The summed E-state index contributed by atoms with van der Waals surface area (Å²) in [5, 5.41) is 3.72. The standard InChI is InChI=1S/C13H15BrN2O3/c1-4-7-12(9-6-11(15)16-19-9)8(14)5-10(17-2)13(7)18-3/h5-6H,4H2,1-3H3,(H2,15,16). The van der Waals surface area contributed by atoms with E-state index in [0.29, 0.717) is 23.1 Å². The Morgan fingerprint density at radius 3 is 2.53 bits per heavy atom. The second kappa shape index (κ2) is 5.52. The SMILES string of the molecule is CCc1c(OC)c(OC)cc(Br)c1-c1cc(N)no1. The predicted molar refractivity (Wildman–Crippen MR) is 76.5 cm³/mol. The van der Waals surface area contributed by atoms with Crippen molar-refractivity contribution >= 4 is 21.7 Å². The molecule has 0 saturated carbocycles. The van der Waals surface area contributed by atoms with Crippen LogP contribution in [0.5, 0.6) is 11.5 Å². The van der Waals surface area contributed by atoms with Gasteiger partial charge in [-0.3, -0.25) is 0 Å². The lowest BCUT2D eigenvalue weighted by atomic mass is 10.0. The fourth-order valence-corrected chi connectivity index (χ4v) is 2.69. The van der Waals surface area contributed by atoms with Gasteiger partial charge in [0.2, 0.25) is 0 Å². The van der Waals surface area contributed by atoms with Gasteiger partial charge in [0.1, 0.15) is 0 Å². The molecular formula is C13H15BrN2O3. The number of halogens is 1. The Balaban J connectivity index is 2.72. The summed E-state index contributed by atoms with van der Waals surface area (Å²) in [4.78, 5) is 0. The Labute approximate surface area is 119 Å². The summed E-state index contributed by atoms with van der Waals surface area (Å²) in [5.74, 6) is 2.31. The first-order chi connectivity index (χ1) is 9.12. The van der Waals surface area contributed by atoms with Crippen molar-refractivity contribution in [3.63, 3.8) is 0 Å². The third-order valence-corrected chi connectivity index (χ3v) is 3.47. The fourth-order valence-electron chi connectivity index (χ4n) is 2.05. The van der Waals surface area contributed by atoms with Gasteiger partial charge < -0.3 is 19.7 Å². The molecule has 102 valence electrons. The van der Waals surface area contributed by atoms with Crippen LogP contribution in [0.15, 0.2) is 21.1 Å². The number of ether oxygens (including phenoxy) is 2. The molecule has 6 heteroatoms. The lowest BCUT2D eigenvalue weighted by Gasteiger charge is -2.16. The van der Waals surface area contributed by atoms with Crippen molar-refractivity contribution in [1.82, 2.24) is 5.16 Å². The molecule has 0 unspecified atom stereocenters. The van der Waals surface area contributed by atoms with Crippen LogP contribution in [0, 0.1) is 0 Å². The van der Waals surface area contributed by atoms with E-state index >= 15 is 0 Å². The first-order valence-corrected chi connectivity index (χ1v) is 6.57. The molecule has 1 aromatic heterocycles. The number of rotatable bonds is 4. The zero-order valence-corrected chi connectivity index (χ0v) is 12.6. The fraction of sp³-hybridized carbons (Fsp3) is 0.308. The second-order valence-corrected chi connectivity index (χ2v) is 4.77. The molecule has 0 radical (unpaired) electrons. The van der Waals surface area contributed by atoms with Gasteiger partial charge in [0.15, 0.2) is 23.1 Å². The van der Waals surface area contributed by atoms with Crippen molar-refractivity contribution in [3.05, 3.63) is 22.2 Å². The number of hydrogen-bond donors (Lipinski definition) is 1. The summed E-state index contributed by atoms with van der Waals surface area (Å²) in [6.07, 6.45) is 0.759. The molecule has 0 aliphatic rings. The van der Waals surface area contributed by atoms with Gasteiger partial charge in [-0.05, 0) is 28.4 Å². The van der Waals surface area contributed by atoms with Crippen molar-refractivity contribution in [1.29, 1.82) is 0 Å². The van der Waals surface area contributed by atoms with Gasteiger partial charge >= 0.3 is 0 Å². The van der Waals surface area contributed by atoms with Gasteiger partial charge in [-0.1, -0.05) is 12.1 Å². The van der Waals surface area contributed by atoms with E-state index in [0.717, 1.165) is 22.0 Å². The Morgan fingerprint density at radius 1 is 1.32 bits per heavy atom. The summed E-state index contributed by atoms with van der Waals surface area (Å²) >= 11 is 3.52. The van der Waals surface area contributed by atoms with E-state index in [1.807, 2.05) is 13.0 Å². The highest BCUT2D eigenvalue weighted by atomic mass is 79.9. The van der Waals surface area contributed by atoms with E-state index < -0.39 is 0 Å². The lowest BCUT2D eigenvalue weighted by Crippen LogP contribution is -1.98. The summed E-state index contributed by atoms with van der Waals surface area (Å²) in [7, 11) is 3.22. The Kier molecular flexibility index (Phi) is 3.99. The molecule has 0 amide bonds. The van der Waals surface area contributed by atoms with Crippen LogP contribution in [-0.2, 0) is 6.42 Å². The predicted octanol–water partition coefficient (Wildman–Crippen LogP) is 3.27. The van der Waals surface area contributed by atoms with Crippen molar-refractivity contribution in [3.8, 4) is 22.8 Å². The van der Waals surface area contributed by atoms with Gasteiger partial charge in [0.05, 0.1) is 14.2 Å². The molecule has 19 heavy (non-hydrogen) atoms. The minimum Gasteiger partial charge on any atom is -0.493 e. The zero-order valence-electron chi connectivity index (χ0n) is 11.0. The number of nitrogens with two attached hydrogens (primary N) is 1. The lowest BCUT2D eigenvalue weighted by molar-refractivity contribution is 0.351. The molecule has 2 rings (SSSR count). The minimum absolute atomic E-state index is 0.346. The van der Waals surface area contributed by atoms with Crippen molar-refractivity contribution in [2.45, 2.75) is 13.3 Å². The maximum absolute atomic E-state index is 5.61. The molecule has 2 N–H and O–H groups in total. The smallest absolute Gasteiger partial charge is 0.170 e. The first kappa shape index (κ1) is 13.7. The summed E-state index contributed by atoms with van der Waals surface area (Å²) in [6, 6.07) is 3.53. The van der Waals surface area contributed by atoms with Gasteiger partial charge in [-0.25, -0.2) is 0 Å². The number of aromatic nitrogens is 1. The number of nitrogen functional groups attached to an aromatic ring is 1. The molecule has 5 nitrogen and oxygen atoms in total. The molecule has 0 aliphatic carbocycles. The maximum atomic E-state index is 5.61. The number of hydrogen-bond acceptors (Lipinski definition) is 5.